The van der Waals surface area contributed by atoms with Crippen LogP contribution < -0.4 is 14.8 Å². The molecule has 0 aliphatic heterocycles. The standard InChI is InChI=1S/C17H23NO5/c1-11(2)23-13-6-5-12(9-14(13)22-3)16(21)18-17(7-4-8-17)10-15(19)20/h5-6,9,11H,4,7-8,10H2,1-3H3,(H,18,21)(H,19,20). The number of aliphatic carboxylic acids is 1. The van der Waals surface area contributed by atoms with Crippen LogP contribution in [0.4, 0.5) is 0 Å². The fourth-order valence-corrected chi connectivity index (χ4v) is 2.71. The Morgan fingerprint density at radius 1 is 1.30 bits per heavy atom. The molecule has 1 saturated carbocycles. The molecular weight excluding hydrogens is 298 g/mol. The van der Waals surface area contributed by atoms with Gasteiger partial charge in [0.05, 0.1) is 25.2 Å². The highest BCUT2D eigenvalue weighted by Gasteiger charge is 2.40. The van der Waals surface area contributed by atoms with Crippen LogP contribution in [0.25, 0.3) is 0 Å². The van der Waals surface area contributed by atoms with Crippen molar-refractivity contribution in [3.63, 3.8) is 0 Å². The van der Waals surface area contributed by atoms with Crippen LogP contribution in [0.5, 0.6) is 11.5 Å². The molecule has 0 saturated heterocycles. The molecule has 126 valence electrons. The molecule has 0 spiro atoms. The molecule has 1 aliphatic carbocycles. The van der Waals surface area contributed by atoms with Gasteiger partial charge in [0.2, 0.25) is 0 Å². The van der Waals surface area contributed by atoms with Crippen LogP contribution in [0.15, 0.2) is 18.2 Å². The summed E-state index contributed by atoms with van der Waals surface area (Å²) in [5.41, 5.74) is -0.196. The van der Waals surface area contributed by atoms with Gasteiger partial charge in [-0.1, -0.05) is 0 Å². The summed E-state index contributed by atoms with van der Waals surface area (Å²) in [5.74, 6) is -0.140. The minimum absolute atomic E-state index is 0.00242. The number of ether oxygens (including phenoxy) is 2. The summed E-state index contributed by atoms with van der Waals surface area (Å²) in [6, 6.07) is 4.96. The van der Waals surface area contributed by atoms with E-state index in [4.69, 9.17) is 14.6 Å². The van der Waals surface area contributed by atoms with Crippen LogP contribution in [0.3, 0.4) is 0 Å². The van der Waals surface area contributed by atoms with Crippen molar-refractivity contribution in [2.75, 3.05) is 7.11 Å². The van der Waals surface area contributed by atoms with Gasteiger partial charge in [-0.2, -0.15) is 0 Å². The lowest BCUT2D eigenvalue weighted by molar-refractivity contribution is -0.139. The van der Waals surface area contributed by atoms with Gasteiger partial charge < -0.3 is 19.9 Å². The molecule has 1 aliphatic rings. The number of carboxylic acid groups (broad SMARTS) is 1. The third-order valence-electron chi connectivity index (χ3n) is 3.97. The highest BCUT2D eigenvalue weighted by molar-refractivity contribution is 5.95. The van der Waals surface area contributed by atoms with Crippen molar-refractivity contribution in [3.8, 4) is 11.5 Å². The molecule has 2 rings (SSSR count). The maximum atomic E-state index is 12.4. The number of carbonyl (C=O) groups excluding carboxylic acids is 1. The molecule has 6 heteroatoms. The SMILES string of the molecule is COc1cc(C(=O)NC2(CC(=O)O)CCC2)ccc1OC(C)C. The first-order chi connectivity index (χ1) is 10.8. The fraction of sp³-hybridized carbons (Fsp3) is 0.529. The fourth-order valence-electron chi connectivity index (χ4n) is 2.71. The quantitative estimate of drug-likeness (QED) is 0.806. The molecule has 0 unspecified atom stereocenters. The molecule has 0 bridgehead atoms. The number of nitrogens with one attached hydrogen (secondary N) is 1. The Labute approximate surface area is 135 Å². The van der Waals surface area contributed by atoms with E-state index >= 15 is 0 Å². The van der Waals surface area contributed by atoms with E-state index in [1.54, 1.807) is 18.2 Å². The average Bonchev–Trinajstić information content (AvgIpc) is 2.44. The van der Waals surface area contributed by atoms with Gasteiger partial charge in [-0.3, -0.25) is 9.59 Å². The van der Waals surface area contributed by atoms with Gasteiger partial charge in [0.15, 0.2) is 11.5 Å². The second-order valence-electron chi connectivity index (χ2n) is 6.19. The Balaban J connectivity index is 2.14. The van der Waals surface area contributed by atoms with Gasteiger partial charge in [-0.25, -0.2) is 0 Å². The van der Waals surface area contributed by atoms with Crippen molar-refractivity contribution in [3.05, 3.63) is 23.8 Å². The Kier molecular flexibility index (Phi) is 5.13. The number of amides is 1. The number of methoxy groups -OCH3 is 1. The van der Waals surface area contributed by atoms with E-state index in [0.29, 0.717) is 29.9 Å². The molecule has 0 atom stereocenters. The Morgan fingerprint density at radius 3 is 2.48 bits per heavy atom. The third-order valence-corrected chi connectivity index (χ3v) is 3.97. The van der Waals surface area contributed by atoms with Crippen molar-refractivity contribution in [1.29, 1.82) is 0 Å². The molecule has 1 aromatic rings. The summed E-state index contributed by atoms with van der Waals surface area (Å²) in [7, 11) is 1.52. The van der Waals surface area contributed by atoms with Crippen molar-refractivity contribution in [2.24, 2.45) is 0 Å². The number of carboxylic acids is 1. The van der Waals surface area contributed by atoms with Crippen LogP contribution in [0, 0.1) is 0 Å². The molecule has 1 aromatic carbocycles. The molecule has 23 heavy (non-hydrogen) atoms. The zero-order chi connectivity index (χ0) is 17.0. The number of rotatable bonds is 7. The summed E-state index contributed by atoms with van der Waals surface area (Å²) in [6.07, 6.45) is 2.26. The summed E-state index contributed by atoms with van der Waals surface area (Å²) >= 11 is 0. The largest absolute Gasteiger partial charge is 0.493 e. The first-order valence-corrected chi connectivity index (χ1v) is 7.74. The minimum atomic E-state index is -0.900. The molecule has 0 heterocycles. The Morgan fingerprint density at radius 2 is 2.00 bits per heavy atom. The summed E-state index contributed by atoms with van der Waals surface area (Å²) in [5, 5.41) is 11.9. The lowest BCUT2D eigenvalue weighted by Gasteiger charge is -2.41. The highest BCUT2D eigenvalue weighted by atomic mass is 16.5. The van der Waals surface area contributed by atoms with Crippen molar-refractivity contribution in [1.82, 2.24) is 5.32 Å². The zero-order valence-corrected chi connectivity index (χ0v) is 13.7. The van der Waals surface area contributed by atoms with E-state index in [1.807, 2.05) is 13.8 Å². The van der Waals surface area contributed by atoms with Gasteiger partial charge in [-0.15, -0.1) is 0 Å². The smallest absolute Gasteiger partial charge is 0.305 e. The molecule has 0 radical (unpaired) electrons. The summed E-state index contributed by atoms with van der Waals surface area (Å²) in [4.78, 5) is 23.4. The monoisotopic (exact) mass is 321 g/mol. The maximum Gasteiger partial charge on any atom is 0.305 e. The molecule has 1 amide bonds. The molecule has 6 nitrogen and oxygen atoms in total. The van der Waals surface area contributed by atoms with E-state index in [1.165, 1.54) is 7.11 Å². The van der Waals surface area contributed by atoms with Crippen LogP contribution in [-0.4, -0.2) is 35.7 Å². The van der Waals surface area contributed by atoms with E-state index in [-0.39, 0.29) is 18.4 Å². The minimum Gasteiger partial charge on any atom is -0.493 e. The zero-order valence-electron chi connectivity index (χ0n) is 13.7. The third kappa shape index (κ3) is 4.15. The summed E-state index contributed by atoms with van der Waals surface area (Å²) in [6.45, 7) is 3.82. The van der Waals surface area contributed by atoms with Crippen LogP contribution in [0.2, 0.25) is 0 Å². The average molecular weight is 321 g/mol. The number of hydrogen-bond acceptors (Lipinski definition) is 4. The van der Waals surface area contributed by atoms with Gasteiger partial charge >= 0.3 is 5.97 Å². The van der Waals surface area contributed by atoms with Gasteiger partial charge in [-0.05, 0) is 51.3 Å². The van der Waals surface area contributed by atoms with Gasteiger partial charge in [0.1, 0.15) is 0 Å². The molecule has 1 fully saturated rings. The maximum absolute atomic E-state index is 12.4. The second kappa shape index (κ2) is 6.89. The lowest BCUT2D eigenvalue weighted by atomic mass is 9.74. The van der Waals surface area contributed by atoms with Crippen molar-refractivity contribution in [2.45, 2.75) is 51.2 Å². The van der Waals surface area contributed by atoms with E-state index in [0.717, 1.165) is 6.42 Å². The van der Waals surface area contributed by atoms with Crippen molar-refractivity contribution < 1.29 is 24.2 Å². The van der Waals surface area contributed by atoms with Gasteiger partial charge in [0.25, 0.3) is 5.91 Å². The Hall–Kier alpha value is -2.24. The first-order valence-electron chi connectivity index (χ1n) is 7.74. The molecular formula is C17H23NO5. The number of hydrogen-bond donors (Lipinski definition) is 2. The Bertz CT molecular complexity index is 593. The van der Waals surface area contributed by atoms with Crippen molar-refractivity contribution >= 4 is 11.9 Å². The normalized spacial score (nSPS) is 15.7. The van der Waals surface area contributed by atoms with Crippen LogP contribution in [0.1, 0.15) is 49.9 Å². The first kappa shape index (κ1) is 17.1. The van der Waals surface area contributed by atoms with E-state index in [2.05, 4.69) is 5.32 Å². The van der Waals surface area contributed by atoms with Crippen LogP contribution >= 0.6 is 0 Å². The molecule has 0 aromatic heterocycles. The second-order valence-corrected chi connectivity index (χ2v) is 6.19. The number of carbonyl (C=O) groups is 2. The predicted molar refractivity (Wildman–Crippen MR) is 85.1 cm³/mol. The van der Waals surface area contributed by atoms with E-state index < -0.39 is 11.5 Å². The van der Waals surface area contributed by atoms with Crippen LogP contribution in [-0.2, 0) is 4.79 Å². The van der Waals surface area contributed by atoms with Gasteiger partial charge in [0, 0.05) is 5.56 Å². The van der Waals surface area contributed by atoms with E-state index in [9.17, 15) is 9.59 Å². The topological polar surface area (TPSA) is 84.9 Å². The number of benzene rings is 1. The predicted octanol–water partition coefficient (Wildman–Crippen LogP) is 2.61. The lowest BCUT2D eigenvalue weighted by Crippen LogP contribution is -2.54. The highest BCUT2D eigenvalue weighted by Crippen LogP contribution is 2.36. The summed E-state index contributed by atoms with van der Waals surface area (Å²) < 4.78 is 10.9. The molecule has 2 N–H and O–H groups in total.